The van der Waals surface area contributed by atoms with Crippen LogP contribution in [0.15, 0.2) is 30.6 Å². The average molecular weight is 437 g/mol. The summed E-state index contributed by atoms with van der Waals surface area (Å²) in [6.07, 6.45) is 3.71. The second-order valence-electron chi connectivity index (χ2n) is 6.83. The molecule has 0 aliphatic heterocycles. The number of carbonyl (C=O) groups excluding carboxylic acids is 1. The van der Waals surface area contributed by atoms with Gasteiger partial charge in [0.25, 0.3) is 0 Å². The lowest BCUT2D eigenvalue weighted by Crippen LogP contribution is -2.26. The maximum absolute atomic E-state index is 15.1. The summed E-state index contributed by atoms with van der Waals surface area (Å²) in [6.45, 7) is 3.32. The monoisotopic (exact) mass is 437 g/mol. The first kappa shape index (κ1) is 21.7. The maximum Gasteiger partial charge on any atom is 0.235 e. The standard InChI is InChI=1S/C20H21F2N3O4S/c1-4-5-11(2)30(27,28)25-16-7-6-15(21)17(18(16)22)19(26)14-10-24-20-13(14)8-12(29-3)9-23-20/h6-11,25H,4-5H2,1-3H3,(H,23,24). The van der Waals surface area contributed by atoms with Crippen LogP contribution in [-0.4, -0.2) is 36.5 Å². The second kappa shape index (κ2) is 8.39. The molecule has 0 bridgehead atoms. The van der Waals surface area contributed by atoms with Crippen LogP contribution in [0.5, 0.6) is 5.75 Å². The Bertz CT molecular complexity index is 1210. The molecular weight excluding hydrogens is 416 g/mol. The smallest absolute Gasteiger partial charge is 0.235 e. The molecular formula is C20H21F2N3O4S. The summed E-state index contributed by atoms with van der Waals surface area (Å²) in [5.41, 5.74) is -1.03. The normalized spacial score (nSPS) is 12.7. The van der Waals surface area contributed by atoms with E-state index in [9.17, 15) is 17.6 Å². The molecule has 2 N–H and O–H groups in total. The number of fused-ring (bicyclic) bond motifs is 1. The topological polar surface area (TPSA) is 101 Å². The number of ketones is 1. The summed E-state index contributed by atoms with van der Waals surface area (Å²) >= 11 is 0. The molecule has 2 aromatic heterocycles. The van der Waals surface area contributed by atoms with E-state index >= 15 is 4.39 Å². The third kappa shape index (κ3) is 4.00. The van der Waals surface area contributed by atoms with Crippen molar-refractivity contribution >= 4 is 32.5 Å². The minimum atomic E-state index is -3.91. The Morgan fingerprint density at radius 3 is 2.73 bits per heavy atom. The van der Waals surface area contributed by atoms with E-state index < -0.39 is 43.9 Å². The lowest BCUT2D eigenvalue weighted by molar-refractivity contribution is 0.103. The molecule has 0 aliphatic carbocycles. The third-order valence-electron chi connectivity index (χ3n) is 4.78. The van der Waals surface area contributed by atoms with Crippen LogP contribution >= 0.6 is 0 Å². The Hall–Kier alpha value is -3.01. The summed E-state index contributed by atoms with van der Waals surface area (Å²) in [7, 11) is -2.49. The van der Waals surface area contributed by atoms with Crippen LogP contribution < -0.4 is 9.46 Å². The van der Waals surface area contributed by atoms with Gasteiger partial charge in [-0.25, -0.2) is 22.2 Å². The molecule has 0 spiro atoms. The zero-order valence-corrected chi connectivity index (χ0v) is 17.4. The number of aromatic amines is 1. The van der Waals surface area contributed by atoms with E-state index in [0.29, 0.717) is 29.6 Å². The number of hydrogen-bond donors (Lipinski definition) is 2. The van der Waals surface area contributed by atoms with Crippen LogP contribution in [0, 0.1) is 11.6 Å². The average Bonchev–Trinajstić information content (AvgIpc) is 3.13. The summed E-state index contributed by atoms with van der Waals surface area (Å²) in [5.74, 6) is -2.97. The van der Waals surface area contributed by atoms with Gasteiger partial charge in [0.15, 0.2) is 5.82 Å². The van der Waals surface area contributed by atoms with Gasteiger partial charge in [-0.1, -0.05) is 13.3 Å². The molecule has 10 heteroatoms. The van der Waals surface area contributed by atoms with Crippen molar-refractivity contribution in [2.24, 2.45) is 0 Å². The Morgan fingerprint density at radius 1 is 1.33 bits per heavy atom. The van der Waals surface area contributed by atoms with Crippen molar-refractivity contribution in [2.45, 2.75) is 31.9 Å². The van der Waals surface area contributed by atoms with Gasteiger partial charge in [-0.15, -0.1) is 0 Å². The van der Waals surface area contributed by atoms with Gasteiger partial charge in [0.1, 0.15) is 17.2 Å². The van der Waals surface area contributed by atoms with Crippen molar-refractivity contribution < 1.29 is 26.7 Å². The predicted octanol–water partition coefficient (Wildman–Crippen LogP) is 4.01. The molecule has 2 heterocycles. The molecule has 0 saturated heterocycles. The molecule has 1 atom stereocenters. The number of nitrogens with one attached hydrogen (secondary N) is 2. The fourth-order valence-electron chi connectivity index (χ4n) is 3.07. The zero-order valence-electron chi connectivity index (χ0n) is 16.6. The van der Waals surface area contributed by atoms with Gasteiger partial charge in [0.05, 0.1) is 29.8 Å². The molecule has 160 valence electrons. The quantitative estimate of drug-likeness (QED) is 0.519. The number of ether oxygens (including phenoxy) is 1. The zero-order chi connectivity index (χ0) is 22.1. The molecule has 0 amide bonds. The Kier molecular flexibility index (Phi) is 6.06. The fourth-order valence-corrected chi connectivity index (χ4v) is 4.28. The molecule has 7 nitrogen and oxygen atoms in total. The Morgan fingerprint density at radius 2 is 2.07 bits per heavy atom. The highest BCUT2D eigenvalue weighted by Crippen LogP contribution is 2.29. The first-order chi connectivity index (χ1) is 14.2. The highest BCUT2D eigenvalue weighted by atomic mass is 32.2. The molecule has 3 rings (SSSR count). The van der Waals surface area contributed by atoms with Crippen molar-refractivity contribution in [3.63, 3.8) is 0 Å². The molecule has 0 saturated carbocycles. The van der Waals surface area contributed by atoms with E-state index in [1.54, 1.807) is 0 Å². The van der Waals surface area contributed by atoms with Crippen LogP contribution in [0.1, 0.15) is 42.6 Å². The van der Waals surface area contributed by atoms with Crippen LogP contribution in [0.25, 0.3) is 11.0 Å². The van der Waals surface area contributed by atoms with E-state index in [1.165, 1.54) is 32.5 Å². The van der Waals surface area contributed by atoms with Crippen molar-refractivity contribution in [1.29, 1.82) is 0 Å². The molecule has 3 aromatic rings. The maximum atomic E-state index is 15.1. The van der Waals surface area contributed by atoms with Crippen molar-refractivity contribution in [3.05, 3.63) is 53.4 Å². The van der Waals surface area contributed by atoms with E-state index in [4.69, 9.17) is 4.74 Å². The van der Waals surface area contributed by atoms with Crippen molar-refractivity contribution in [2.75, 3.05) is 11.8 Å². The van der Waals surface area contributed by atoms with Crippen LogP contribution in [0.2, 0.25) is 0 Å². The van der Waals surface area contributed by atoms with Crippen molar-refractivity contribution in [1.82, 2.24) is 9.97 Å². The van der Waals surface area contributed by atoms with Crippen LogP contribution in [-0.2, 0) is 10.0 Å². The third-order valence-corrected chi connectivity index (χ3v) is 6.58. The fraction of sp³-hybridized carbons (Fsp3) is 0.300. The Labute approximate surface area is 172 Å². The first-order valence-electron chi connectivity index (χ1n) is 9.25. The summed E-state index contributed by atoms with van der Waals surface area (Å²) < 4.78 is 61.5. The van der Waals surface area contributed by atoms with E-state index in [0.717, 1.165) is 12.1 Å². The largest absolute Gasteiger partial charge is 0.495 e. The number of rotatable bonds is 8. The molecule has 1 unspecified atom stereocenters. The number of sulfonamides is 1. The molecule has 0 radical (unpaired) electrons. The number of hydrogen-bond acceptors (Lipinski definition) is 5. The van der Waals surface area contributed by atoms with E-state index in [2.05, 4.69) is 14.7 Å². The lowest BCUT2D eigenvalue weighted by Gasteiger charge is -2.15. The number of halogens is 2. The molecule has 30 heavy (non-hydrogen) atoms. The molecule has 1 aromatic carbocycles. The van der Waals surface area contributed by atoms with Gasteiger partial charge >= 0.3 is 0 Å². The van der Waals surface area contributed by atoms with Gasteiger partial charge < -0.3 is 9.72 Å². The van der Waals surface area contributed by atoms with Gasteiger partial charge in [-0.3, -0.25) is 9.52 Å². The van der Waals surface area contributed by atoms with E-state index in [-0.39, 0.29) is 5.56 Å². The number of carbonyl (C=O) groups is 1. The number of methoxy groups -OCH3 is 1. The van der Waals surface area contributed by atoms with Gasteiger partial charge in [0, 0.05) is 17.1 Å². The lowest BCUT2D eigenvalue weighted by atomic mass is 10.0. The van der Waals surface area contributed by atoms with Gasteiger partial charge in [-0.2, -0.15) is 0 Å². The highest BCUT2D eigenvalue weighted by Gasteiger charge is 2.27. The van der Waals surface area contributed by atoms with Crippen LogP contribution in [0.3, 0.4) is 0 Å². The minimum absolute atomic E-state index is 0.0199. The Balaban J connectivity index is 2.05. The number of aromatic nitrogens is 2. The molecule has 0 fully saturated rings. The van der Waals surface area contributed by atoms with E-state index in [1.807, 2.05) is 6.92 Å². The number of anilines is 1. The summed E-state index contributed by atoms with van der Waals surface area (Å²) in [5, 5.41) is -0.459. The highest BCUT2D eigenvalue weighted by molar-refractivity contribution is 7.93. The summed E-state index contributed by atoms with van der Waals surface area (Å²) in [4.78, 5) is 19.8. The second-order valence-corrected chi connectivity index (χ2v) is 8.93. The van der Waals surface area contributed by atoms with Crippen molar-refractivity contribution in [3.8, 4) is 5.75 Å². The number of H-pyrrole nitrogens is 1. The van der Waals surface area contributed by atoms with Gasteiger partial charge in [0.2, 0.25) is 15.8 Å². The number of nitrogens with zero attached hydrogens (tertiary/aromatic N) is 1. The number of pyridine rings is 1. The SMILES string of the molecule is CCCC(C)S(=O)(=O)Nc1ccc(F)c(C(=O)c2c[nH]c3ncc(OC)cc23)c1F. The predicted molar refractivity (Wildman–Crippen MR) is 109 cm³/mol. The minimum Gasteiger partial charge on any atom is -0.495 e. The molecule has 0 aliphatic rings. The van der Waals surface area contributed by atoms with Crippen LogP contribution in [0.4, 0.5) is 14.5 Å². The van der Waals surface area contributed by atoms with Gasteiger partial charge in [-0.05, 0) is 31.5 Å². The first-order valence-corrected chi connectivity index (χ1v) is 10.8. The summed E-state index contributed by atoms with van der Waals surface area (Å²) in [6, 6.07) is 3.32. The number of benzene rings is 1.